The molecule has 0 aliphatic carbocycles. The first-order chi connectivity index (χ1) is 15.0. The first-order valence-electron chi connectivity index (χ1n) is 9.71. The lowest BCUT2D eigenvalue weighted by Crippen LogP contribution is -2.13. The van der Waals surface area contributed by atoms with Gasteiger partial charge in [0.05, 0.1) is 25.8 Å². The van der Waals surface area contributed by atoms with Gasteiger partial charge in [-0.05, 0) is 67.6 Å². The molecule has 0 aromatic heterocycles. The summed E-state index contributed by atoms with van der Waals surface area (Å²) in [6.45, 7) is 2.66. The number of methoxy groups -OCH3 is 2. The predicted molar refractivity (Wildman–Crippen MR) is 121 cm³/mol. The van der Waals surface area contributed by atoms with Crippen molar-refractivity contribution in [3.05, 3.63) is 76.8 Å². The summed E-state index contributed by atoms with van der Waals surface area (Å²) in [7, 11) is 3.15. The van der Waals surface area contributed by atoms with Crippen molar-refractivity contribution >= 4 is 23.2 Å². The number of nitrogens with one attached hydrogen (secondary N) is 1. The molecular weight excluding hydrogens is 418 g/mol. The number of carbonyl (C=O) groups is 1. The van der Waals surface area contributed by atoms with Gasteiger partial charge in [-0.25, -0.2) is 0 Å². The monoisotopic (exact) mass is 441 g/mol. The Morgan fingerprint density at radius 3 is 2.23 bits per heavy atom. The molecule has 1 N–H and O–H groups in total. The second-order valence-corrected chi connectivity index (χ2v) is 6.93. The van der Waals surface area contributed by atoms with Gasteiger partial charge in [0, 0.05) is 16.8 Å². The van der Waals surface area contributed by atoms with Crippen molar-refractivity contribution in [2.75, 3.05) is 26.1 Å². The van der Waals surface area contributed by atoms with E-state index in [0.29, 0.717) is 40.1 Å². The number of hydrogen-bond acceptors (Lipinski definition) is 5. The van der Waals surface area contributed by atoms with E-state index < -0.39 is 0 Å². The second kappa shape index (κ2) is 10.6. The highest BCUT2D eigenvalue weighted by atomic mass is 35.5. The second-order valence-electron chi connectivity index (χ2n) is 6.52. The maximum absolute atomic E-state index is 12.8. The van der Waals surface area contributed by atoms with E-state index in [2.05, 4.69) is 5.32 Å². The topological polar surface area (TPSA) is 66.0 Å². The Kier molecular flexibility index (Phi) is 7.62. The average molecular weight is 442 g/mol. The Balaban J connectivity index is 1.76. The van der Waals surface area contributed by atoms with Gasteiger partial charge in [0.2, 0.25) is 0 Å². The van der Waals surface area contributed by atoms with E-state index >= 15 is 0 Å². The van der Waals surface area contributed by atoms with E-state index in [0.717, 1.165) is 11.3 Å². The van der Waals surface area contributed by atoms with Crippen LogP contribution in [0.3, 0.4) is 0 Å². The van der Waals surface area contributed by atoms with Gasteiger partial charge in [0.15, 0.2) is 0 Å². The summed E-state index contributed by atoms with van der Waals surface area (Å²) in [6.07, 6.45) is 0. The molecule has 0 saturated carbocycles. The minimum absolute atomic E-state index is 0.247. The first kappa shape index (κ1) is 22.3. The highest BCUT2D eigenvalue weighted by molar-refractivity contribution is 6.32. The summed E-state index contributed by atoms with van der Waals surface area (Å²) in [5.74, 6) is 2.37. The lowest BCUT2D eigenvalue weighted by molar-refractivity contribution is 0.102. The Morgan fingerprint density at radius 1 is 0.871 bits per heavy atom. The predicted octanol–water partition coefficient (Wildman–Crippen LogP) is 5.59. The summed E-state index contributed by atoms with van der Waals surface area (Å²) in [4.78, 5) is 12.8. The van der Waals surface area contributed by atoms with Crippen molar-refractivity contribution in [2.45, 2.75) is 13.5 Å². The van der Waals surface area contributed by atoms with Crippen molar-refractivity contribution < 1.29 is 23.7 Å². The molecule has 31 heavy (non-hydrogen) atoms. The first-order valence-corrected chi connectivity index (χ1v) is 10.1. The van der Waals surface area contributed by atoms with Crippen molar-refractivity contribution in [3.8, 4) is 23.0 Å². The van der Waals surface area contributed by atoms with Gasteiger partial charge in [0.1, 0.15) is 29.6 Å². The molecule has 0 radical (unpaired) electrons. The van der Waals surface area contributed by atoms with E-state index in [1.807, 2.05) is 31.2 Å². The Morgan fingerprint density at radius 2 is 1.58 bits per heavy atom. The normalized spacial score (nSPS) is 10.3. The maximum atomic E-state index is 12.8. The van der Waals surface area contributed by atoms with Crippen molar-refractivity contribution in [1.82, 2.24) is 0 Å². The van der Waals surface area contributed by atoms with Crippen LogP contribution in [0.2, 0.25) is 5.02 Å². The highest BCUT2D eigenvalue weighted by Gasteiger charge is 2.13. The van der Waals surface area contributed by atoms with Gasteiger partial charge in [-0.2, -0.15) is 0 Å². The van der Waals surface area contributed by atoms with Crippen LogP contribution in [-0.4, -0.2) is 26.7 Å². The molecule has 0 heterocycles. The van der Waals surface area contributed by atoms with Gasteiger partial charge < -0.3 is 24.3 Å². The number of hydrogen-bond donors (Lipinski definition) is 1. The summed E-state index contributed by atoms with van der Waals surface area (Å²) < 4.78 is 21.9. The third kappa shape index (κ3) is 5.83. The van der Waals surface area contributed by atoms with Crippen LogP contribution >= 0.6 is 11.6 Å². The van der Waals surface area contributed by atoms with Crippen LogP contribution < -0.4 is 24.3 Å². The third-order valence-electron chi connectivity index (χ3n) is 4.49. The largest absolute Gasteiger partial charge is 0.497 e. The quantitative estimate of drug-likeness (QED) is 0.469. The molecule has 0 unspecified atom stereocenters. The zero-order valence-electron chi connectivity index (χ0n) is 17.6. The highest BCUT2D eigenvalue weighted by Crippen LogP contribution is 2.28. The number of anilines is 1. The zero-order valence-corrected chi connectivity index (χ0v) is 18.4. The third-order valence-corrected chi connectivity index (χ3v) is 4.78. The van der Waals surface area contributed by atoms with Gasteiger partial charge in [-0.1, -0.05) is 11.6 Å². The Hall–Kier alpha value is -3.38. The summed E-state index contributed by atoms with van der Waals surface area (Å²) in [5.41, 5.74) is 1.81. The fraction of sp³-hybridized carbons (Fsp3) is 0.208. The van der Waals surface area contributed by atoms with Crippen molar-refractivity contribution in [3.63, 3.8) is 0 Å². The van der Waals surface area contributed by atoms with Crippen LogP contribution in [0.5, 0.6) is 23.0 Å². The molecule has 0 atom stereocenters. The zero-order chi connectivity index (χ0) is 22.2. The summed E-state index contributed by atoms with van der Waals surface area (Å²) in [6, 6.07) is 17.6. The van der Waals surface area contributed by atoms with Crippen LogP contribution in [0.4, 0.5) is 5.69 Å². The lowest BCUT2D eigenvalue weighted by Gasteiger charge is -2.14. The van der Waals surface area contributed by atoms with Crippen molar-refractivity contribution in [1.29, 1.82) is 0 Å². The number of carbonyl (C=O) groups excluding carboxylic acids is 1. The lowest BCUT2D eigenvalue weighted by atomic mass is 10.1. The number of rotatable bonds is 9. The smallest absolute Gasteiger partial charge is 0.255 e. The van der Waals surface area contributed by atoms with E-state index in [9.17, 15) is 4.79 Å². The maximum Gasteiger partial charge on any atom is 0.255 e. The van der Waals surface area contributed by atoms with Gasteiger partial charge in [-0.15, -0.1) is 0 Å². The van der Waals surface area contributed by atoms with Crippen LogP contribution in [0.15, 0.2) is 60.7 Å². The van der Waals surface area contributed by atoms with Gasteiger partial charge in [0.25, 0.3) is 5.91 Å². The Labute approximate surface area is 186 Å². The molecule has 6 nitrogen and oxygen atoms in total. The number of ether oxygens (including phenoxy) is 4. The molecule has 0 fully saturated rings. The molecule has 0 spiro atoms. The van der Waals surface area contributed by atoms with Crippen LogP contribution in [-0.2, 0) is 6.61 Å². The average Bonchev–Trinajstić information content (AvgIpc) is 2.79. The molecule has 0 saturated heterocycles. The Bertz CT molecular complexity index is 1040. The molecule has 3 aromatic rings. The van der Waals surface area contributed by atoms with E-state index in [1.165, 1.54) is 7.11 Å². The van der Waals surface area contributed by atoms with E-state index in [4.69, 9.17) is 30.5 Å². The van der Waals surface area contributed by atoms with Gasteiger partial charge in [-0.3, -0.25) is 4.79 Å². The van der Waals surface area contributed by atoms with E-state index in [-0.39, 0.29) is 12.5 Å². The molecule has 3 aromatic carbocycles. The fourth-order valence-electron chi connectivity index (χ4n) is 2.91. The van der Waals surface area contributed by atoms with Gasteiger partial charge >= 0.3 is 0 Å². The minimum Gasteiger partial charge on any atom is -0.497 e. The van der Waals surface area contributed by atoms with Crippen LogP contribution in [0.1, 0.15) is 22.8 Å². The van der Waals surface area contributed by atoms with Crippen LogP contribution in [0.25, 0.3) is 0 Å². The SMILES string of the molecule is CCOc1ccc(C(=O)Nc2ccc(OC)c(Cl)c2)cc1COc1ccc(OC)cc1. The minimum atomic E-state index is -0.269. The molecule has 0 aliphatic heterocycles. The standard InChI is InChI=1S/C24H24ClNO5/c1-4-30-22-11-5-16(24(27)26-18-6-12-23(29-3)21(25)14-18)13-17(22)15-31-20-9-7-19(28-2)8-10-20/h5-14H,4,15H2,1-3H3,(H,26,27). The summed E-state index contributed by atoms with van der Waals surface area (Å²) in [5, 5.41) is 3.26. The molecular formula is C24H24ClNO5. The number of halogens is 1. The summed E-state index contributed by atoms with van der Waals surface area (Å²) >= 11 is 6.14. The number of benzene rings is 3. The molecule has 1 amide bonds. The molecule has 0 bridgehead atoms. The molecule has 7 heteroatoms. The molecule has 162 valence electrons. The van der Waals surface area contributed by atoms with Crippen molar-refractivity contribution in [2.24, 2.45) is 0 Å². The number of amides is 1. The molecule has 3 rings (SSSR count). The molecule has 0 aliphatic rings. The van der Waals surface area contributed by atoms with Crippen LogP contribution in [0, 0.1) is 0 Å². The van der Waals surface area contributed by atoms with E-state index in [1.54, 1.807) is 43.5 Å². The fourth-order valence-corrected chi connectivity index (χ4v) is 3.17.